The lowest BCUT2D eigenvalue weighted by Gasteiger charge is -2.15. The maximum Gasteiger partial charge on any atom is 0.292 e. The third-order valence-corrected chi connectivity index (χ3v) is 5.28. The number of anilines is 1. The van der Waals surface area contributed by atoms with Gasteiger partial charge in [0.2, 0.25) is 0 Å². The number of carbonyl (C=O) groups excluding carboxylic acids is 1. The highest BCUT2D eigenvalue weighted by Gasteiger charge is 2.18. The van der Waals surface area contributed by atoms with Crippen molar-refractivity contribution in [3.63, 3.8) is 0 Å². The van der Waals surface area contributed by atoms with Crippen molar-refractivity contribution in [3.05, 3.63) is 97.8 Å². The number of carbonyl (C=O) groups is 1. The highest BCUT2D eigenvalue weighted by Crippen LogP contribution is 2.38. The topological polar surface area (TPSA) is 114 Å². The van der Waals surface area contributed by atoms with E-state index in [1.807, 2.05) is 6.07 Å². The van der Waals surface area contributed by atoms with Gasteiger partial charge < -0.3 is 14.8 Å². The van der Waals surface area contributed by atoms with Gasteiger partial charge in [0, 0.05) is 11.6 Å². The van der Waals surface area contributed by atoms with Crippen molar-refractivity contribution >= 4 is 39.3 Å². The van der Waals surface area contributed by atoms with E-state index in [2.05, 4.69) is 21.2 Å². The Balaban J connectivity index is 1.88. The number of amides is 1. The van der Waals surface area contributed by atoms with Crippen LogP contribution in [0.4, 0.5) is 15.8 Å². The Hall–Kier alpha value is -4.23. The Morgan fingerprint density at radius 1 is 1.20 bits per heavy atom. The number of hydrogen-bond donors (Lipinski definition) is 1. The molecule has 0 fully saturated rings. The van der Waals surface area contributed by atoms with Gasteiger partial charge in [0.05, 0.1) is 16.0 Å². The number of halogens is 2. The van der Waals surface area contributed by atoms with Crippen LogP contribution >= 0.6 is 15.9 Å². The molecule has 0 aliphatic heterocycles. The average Bonchev–Trinajstić information content (AvgIpc) is 2.83. The van der Waals surface area contributed by atoms with Crippen molar-refractivity contribution in [2.24, 2.45) is 0 Å². The van der Waals surface area contributed by atoms with Crippen molar-refractivity contribution in [1.82, 2.24) is 0 Å². The first-order chi connectivity index (χ1) is 16.8. The van der Waals surface area contributed by atoms with Gasteiger partial charge in [-0.3, -0.25) is 14.9 Å². The van der Waals surface area contributed by atoms with E-state index < -0.39 is 16.6 Å². The summed E-state index contributed by atoms with van der Waals surface area (Å²) in [4.78, 5) is 23.2. The van der Waals surface area contributed by atoms with Gasteiger partial charge in [-0.2, -0.15) is 5.26 Å². The standard InChI is InChI=1S/C25H19BrFN3O5/c1-2-34-23-13-16(12-19(26)24(23)35-15-17-7-3-4-8-20(17)27)11-18(14-28)25(31)29-21-9-5-6-10-22(21)30(32)33/h3-13H,2,15H2,1H3,(H,29,31)/b18-11+. The van der Waals surface area contributed by atoms with Crippen LogP contribution in [0.2, 0.25) is 0 Å². The lowest BCUT2D eigenvalue weighted by Crippen LogP contribution is -2.14. The highest BCUT2D eigenvalue weighted by molar-refractivity contribution is 9.10. The number of ether oxygens (including phenoxy) is 2. The Bertz CT molecular complexity index is 1340. The molecule has 1 amide bonds. The molecule has 0 atom stereocenters. The fourth-order valence-electron chi connectivity index (χ4n) is 3.08. The van der Waals surface area contributed by atoms with E-state index in [1.54, 1.807) is 37.3 Å². The SMILES string of the molecule is CCOc1cc(/C=C(\C#N)C(=O)Nc2ccccc2[N+](=O)[O-])cc(Br)c1OCc1ccccc1F. The normalized spacial score (nSPS) is 10.9. The van der Waals surface area contributed by atoms with Gasteiger partial charge in [-0.15, -0.1) is 0 Å². The van der Waals surface area contributed by atoms with Crippen LogP contribution in [-0.2, 0) is 11.4 Å². The first-order valence-electron chi connectivity index (χ1n) is 10.3. The molecule has 178 valence electrons. The van der Waals surface area contributed by atoms with Gasteiger partial charge in [-0.25, -0.2) is 4.39 Å². The molecule has 0 spiro atoms. The van der Waals surface area contributed by atoms with Crippen LogP contribution in [0, 0.1) is 27.3 Å². The van der Waals surface area contributed by atoms with Crippen LogP contribution in [0.5, 0.6) is 11.5 Å². The number of nitrogens with one attached hydrogen (secondary N) is 1. The Morgan fingerprint density at radius 3 is 2.60 bits per heavy atom. The zero-order valence-electron chi connectivity index (χ0n) is 18.5. The molecule has 3 aromatic carbocycles. The van der Waals surface area contributed by atoms with Gasteiger partial charge in [0.1, 0.15) is 29.8 Å². The number of nitro benzene ring substituents is 1. The average molecular weight is 540 g/mol. The third kappa shape index (κ3) is 6.43. The lowest BCUT2D eigenvalue weighted by molar-refractivity contribution is -0.383. The molecule has 0 saturated heterocycles. The predicted molar refractivity (Wildman–Crippen MR) is 131 cm³/mol. The van der Waals surface area contributed by atoms with Gasteiger partial charge in [0.15, 0.2) is 11.5 Å². The minimum atomic E-state index is -0.809. The number of para-hydroxylation sites is 2. The fourth-order valence-corrected chi connectivity index (χ4v) is 3.66. The number of nitriles is 1. The zero-order valence-corrected chi connectivity index (χ0v) is 20.0. The van der Waals surface area contributed by atoms with Crippen LogP contribution < -0.4 is 14.8 Å². The molecule has 0 aliphatic carbocycles. The summed E-state index contributed by atoms with van der Waals surface area (Å²) < 4.78 is 25.9. The summed E-state index contributed by atoms with van der Waals surface area (Å²) in [6, 6.07) is 16.8. The zero-order chi connectivity index (χ0) is 25.4. The van der Waals surface area contributed by atoms with Crippen LogP contribution in [0.1, 0.15) is 18.1 Å². The summed E-state index contributed by atoms with van der Waals surface area (Å²) in [6.45, 7) is 2.04. The van der Waals surface area contributed by atoms with Crippen LogP contribution in [0.25, 0.3) is 6.08 Å². The quantitative estimate of drug-likeness (QED) is 0.154. The second-order valence-corrected chi connectivity index (χ2v) is 7.90. The van der Waals surface area contributed by atoms with E-state index in [0.29, 0.717) is 33.7 Å². The van der Waals surface area contributed by atoms with E-state index >= 15 is 0 Å². The van der Waals surface area contributed by atoms with Crippen LogP contribution in [-0.4, -0.2) is 17.4 Å². The number of nitro groups is 1. The van der Waals surface area contributed by atoms with Crippen LogP contribution in [0.3, 0.4) is 0 Å². The minimum absolute atomic E-state index is 0.0308. The summed E-state index contributed by atoms with van der Waals surface area (Å²) in [7, 11) is 0. The van der Waals surface area contributed by atoms with E-state index in [-0.39, 0.29) is 23.6 Å². The van der Waals surface area contributed by atoms with E-state index in [1.165, 1.54) is 36.4 Å². The molecule has 0 saturated carbocycles. The van der Waals surface area contributed by atoms with Gasteiger partial charge in [0.25, 0.3) is 11.6 Å². The molecule has 1 N–H and O–H groups in total. The second-order valence-electron chi connectivity index (χ2n) is 7.04. The molecule has 0 aliphatic rings. The monoisotopic (exact) mass is 539 g/mol. The largest absolute Gasteiger partial charge is 0.490 e. The van der Waals surface area contributed by atoms with Crippen molar-refractivity contribution in [2.45, 2.75) is 13.5 Å². The van der Waals surface area contributed by atoms with Crippen molar-refractivity contribution in [2.75, 3.05) is 11.9 Å². The molecule has 0 bridgehead atoms. The number of rotatable bonds is 9. The van der Waals surface area contributed by atoms with E-state index in [9.17, 15) is 24.6 Å². The number of hydrogen-bond acceptors (Lipinski definition) is 6. The summed E-state index contributed by atoms with van der Waals surface area (Å²) >= 11 is 3.40. The van der Waals surface area contributed by atoms with E-state index in [0.717, 1.165) is 0 Å². The molecular formula is C25H19BrFN3O5. The maximum absolute atomic E-state index is 14.0. The van der Waals surface area contributed by atoms with Gasteiger partial charge in [-0.1, -0.05) is 30.3 Å². The summed E-state index contributed by atoms with van der Waals surface area (Å²) in [5.74, 6) is -0.559. The molecule has 35 heavy (non-hydrogen) atoms. The van der Waals surface area contributed by atoms with Gasteiger partial charge in [-0.05, 0) is 58.8 Å². The summed E-state index contributed by atoms with van der Waals surface area (Å²) in [5.41, 5.74) is 0.196. The molecule has 8 nitrogen and oxygen atoms in total. The smallest absolute Gasteiger partial charge is 0.292 e. The first-order valence-corrected chi connectivity index (χ1v) is 11.1. The lowest BCUT2D eigenvalue weighted by atomic mass is 10.1. The second kappa shape index (κ2) is 11.8. The number of nitrogens with zero attached hydrogens (tertiary/aromatic N) is 2. The molecule has 3 aromatic rings. The molecular weight excluding hydrogens is 521 g/mol. The third-order valence-electron chi connectivity index (χ3n) is 4.69. The Labute approximate surface area is 208 Å². The number of benzene rings is 3. The molecule has 0 heterocycles. The van der Waals surface area contributed by atoms with Crippen molar-refractivity contribution in [3.8, 4) is 17.6 Å². The maximum atomic E-state index is 14.0. The molecule has 0 unspecified atom stereocenters. The predicted octanol–water partition coefficient (Wildman–Crippen LogP) is 6.02. The Kier molecular flexibility index (Phi) is 8.53. The van der Waals surface area contributed by atoms with Crippen LogP contribution in [0.15, 0.2) is 70.7 Å². The highest BCUT2D eigenvalue weighted by atomic mass is 79.9. The van der Waals surface area contributed by atoms with Gasteiger partial charge >= 0.3 is 0 Å². The Morgan fingerprint density at radius 2 is 1.91 bits per heavy atom. The molecule has 3 rings (SSSR count). The minimum Gasteiger partial charge on any atom is -0.490 e. The molecule has 0 radical (unpaired) electrons. The molecule has 10 heteroatoms. The van der Waals surface area contributed by atoms with Crippen molar-refractivity contribution < 1.29 is 23.6 Å². The summed E-state index contributed by atoms with van der Waals surface area (Å²) in [6.07, 6.45) is 1.32. The van der Waals surface area contributed by atoms with E-state index in [4.69, 9.17) is 9.47 Å². The summed E-state index contributed by atoms with van der Waals surface area (Å²) in [5, 5.41) is 23.1. The molecule has 0 aromatic heterocycles. The van der Waals surface area contributed by atoms with Crippen molar-refractivity contribution in [1.29, 1.82) is 5.26 Å². The first kappa shape index (κ1) is 25.4. The fraction of sp³-hybridized carbons (Fsp3) is 0.120.